The molecule has 26 heavy (non-hydrogen) atoms. The Hall–Kier alpha value is -1.02. The van der Waals surface area contributed by atoms with Crippen LogP contribution < -0.4 is 4.74 Å². The Labute approximate surface area is 162 Å². The number of piperidine rings is 1. The molecule has 0 N–H and O–H groups in total. The zero-order valence-corrected chi connectivity index (χ0v) is 17.6. The van der Waals surface area contributed by atoms with Crippen molar-refractivity contribution in [3.05, 3.63) is 29.8 Å². The maximum Gasteiger partial charge on any atom is 0.119 e. The number of nitrogens with zero attached hydrogens (tertiary/aromatic N) is 1. The third-order valence-corrected chi connectivity index (χ3v) is 6.11. The summed E-state index contributed by atoms with van der Waals surface area (Å²) in [6, 6.07) is 8.71. The van der Waals surface area contributed by atoms with Crippen molar-refractivity contribution in [2.45, 2.75) is 90.4 Å². The average molecular weight is 360 g/mol. The molecule has 148 valence electrons. The van der Waals surface area contributed by atoms with Crippen molar-refractivity contribution in [3.63, 3.8) is 0 Å². The molecule has 0 aromatic heterocycles. The molecular weight excluding hydrogens is 318 g/mol. The van der Waals surface area contributed by atoms with Crippen LogP contribution in [0.4, 0.5) is 0 Å². The number of rotatable bonds is 12. The molecule has 2 heteroatoms. The summed E-state index contributed by atoms with van der Waals surface area (Å²) >= 11 is 0. The van der Waals surface area contributed by atoms with Gasteiger partial charge in [0.2, 0.25) is 0 Å². The van der Waals surface area contributed by atoms with Crippen LogP contribution in [0.2, 0.25) is 0 Å². The van der Waals surface area contributed by atoms with E-state index in [1.54, 1.807) is 0 Å². The molecule has 0 saturated carbocycles. The quantitative estimate of drug-likeness (QED) is 0.391. The highest BCUT2D eigenvalue weighted by Crippen LogP contribution is 2.28. The Balaban J connectivity index is 1.46. The van der Waals surface area contributed by atoms with E-state index in [1.807, 2.05) is 0 Å². The first-order valence-electron chi connectivity index (χ1n) is 11.1. The first-order valence-corrected chi connectivity index (χ1v) is 11.1. The van der Waals surface area contributed by atoms with Crippen LogP contribution in [0.15, 0.2) is 24.3 Å². The molecule has 0 spiro atoms. The number of ether oxygens (including phenoxy) is 1. The van der Waals surface area contributed by atoms with Crippen molar-refractivity contribution < 1.29 is 4.74 Å². The van der Waals surface area contributed by atoms with Crippen LogP contribution in [-0.2, 0) is 5.41 Å². The van der Waals surface area contributed by atoms with Gasteiger partial charge in [0, 0.05) is 0 Å². The van der Waals surface area contributed by atoms with E-state index in [-0.39, 0.29) is 5.41 Å². The summed E-state index contributed by atoms with van der Waals surface area (Å²) in [7, 11) is 0. The summed E-state index contributed by atoms with van der Waals surface area (Å²) in [5.41, 5.74) is 1.66. The standard InChI is InChI=1S/C24H41NO/c1-4-24(2,3)22-14-16-23(17-15-22)26-21-13-8-6-5-7-10-18-25-19-11-9-12-20-25/h14-17H,4-13,18-21H2,1-3H3. The molecule has 1 heterocycles. The second-order valence-electron chi connectivity index (χ2n) is 8.63. The number of likely N-dealkylation sites (tertiary alicyclic amines) is 1. The lowest BCUT2D eigenvalue weighted by Gasteiger charge is -2.26. The highest BCUT2D eigenvalue weighted by molar-refractivity contribution is 5.31. The molecule has 0 atom stereocenters. The minimum absolute atomic E-state index is 0.256. The number of benzene rings is 1. The highest BCUT2D eigenvalue weighted by Gasteiger charge is 2.17. The molecule has 1 saturated heterocycles. The fraction of sp³-hybridized carbons (Fsp3) is 0.750. The van der Waals surface area contributed by atoms with Crippen LogP contribution in [0.3, 0.4) is 0 Å². The largest absolute Gasteiger partial charge is 0.494 e. The van der Waals surface area contributed by atoms with Crippen molar-refractivity contribution in [2.75, 3.05) is 26.2 Å². The summed E-state index contributed by atoms with van der Waals surface area (Å²) in [4.78, 5) is 2.66. The summed E-state index contributed by atoms with van der Waals surface area (Å²) in [5.74, 6) is 1.02. The zero-order chi connectivity index (χ0) is 18.7. The van der Waals surface area contributed by atoms with Gasteiger partial charge < -0.3 is 9.64 Å². The van der Waals surface area contributed by atoms with Gasteiger partial charge in [-0.3, -0.25) is 0 Å². The molecule has 0 bridgehead atoms. The Morgan fingerprint density at radius 2 is 1.46 bits per heavy atom. The van der Waals surface area contributed by atoms with Gasteiger partial charge in [-0.05, 0) is 74.8 Å². The van der Waals surface area contributed by atoms with E-state index in [0.717, 1.165) is 18.8 Å². The number of unbranched alkanes of at least 4 members (excludes halogenated alkanes) is 5. The molecule has 0 amide bonds. The number of hydrogen-bond donors (Lipinski definition) is 0. The maximum absolute atomic E-state index is 5.91. The molecule has 0 unspecified atom stereocenters. The molecule has 1 aromatic rings. The fourth-order valence-corrected chi connectivity index (χ4v) is 3.72. The van der Waals surface area contributed by atoms with Gasteiger partial charge in [0.15, 0.2) is 0 Å². The molecule has 1 aliphatic heterocycles. The van der Waals surface area contributed by atoms with E-state index in [2.05, 4.69) is 49.9 Å². The lowest BCUT2D eigenvalue weighted by atomic mass is 9.82. The van der Waals surface area contributed by atoms with Gasteiger partial charge in [0.1, 0.15) is 5.75 Å². The Bertz CT molecular complexity index is 473. The predicted molar refractivity (Wildman–Crippen MR) is 113 cm³/mol. The van der Waals surface area contributed by atoms with Crippen LogP contribution in [0, 0.1) is 0 Å². The van der Waals surface area contributed by atoms with Crippen LogP contribution in [0.5, 0.6) is 5.75 Å². The molecule has 1 aromatic carbocycles. The highest BCUT2D eigenvalue weighted by atomic mass is 16.5. The van der Waals surface area contributed by atoms with Crippen molar-refractivity contribution in [3.8, 4) is 5.75 Å². The molecule has 2 rings (SSSR count). The lowest BCUT2D eigenvalue weighted by Crippen LogP contribution is -2.30. The van der Waals surface area contributed by atoms with E-state index in [0.29, 0.717) is 0 Å². The second-order valence-corrected chi connectivity index (χ2v) is 8.63. The normalized spacial score (nSPS) is 16.0. The zero-order valence-electron chi connectivity index (χ0n) is 17.6. The molecule has 1 aliphatic rings. The average Bonchev–Trinajstić information content (AvgIpc) is 2.68. The summed E-state index contributed by atoms with van der Waals surface area (Å²) in [5, 5.41) is 0. The van der Waals surface area contributed by atoms with Crippen LogP contribution in [0.25, 0.3) is 0 Å². The molecule has 1 fully saturated rings. The van der Waals surface area contributed by atoms with Gasteiger partial charge in [0.05, 0.1) is 6.61 Å². The smallest absolute Gasteiger partial charge is 0.119 e. The van der Waals surface area contributed by atoms with E-state index >= 15 is 0 Å². The predicted octanol–water partition coefficient (Wildman–Crippen LogP) is 6.58. The van der Waals surface area contributed by atoms with Gasteiger partial charge in [-0.2, -0.15) is 0 Å². The minimum atomic E-state index is 0.256. The second kappa shape index (κ2) is 11.6. The molecule has 0 radical (unpaired) electrons. The first kappa shape index (κ1) is 21.3. The number of hydrogen-bond acceptors (Lipinski definition) is 2. The lowest BCUT2D eigenvalue weighted by molar-refractivity contribution is 0.224. The van der Waals surface area contributed by atoms with Gasteiger partial charge in [-0.1, -0.05) is 65.0 Å². The third-order valence-electron chi connectivity index (χ3n) is 6.11. The Morgan fingerprint density at radius 3 is 2.12 bits per heavy atom. The first-order chi connectivity index (χ1) is 12.6. The van der Waals surface area contributed by atoms with Crippen LogP contribution >= 0.6 is 0 Å². The van der Waals surface area contributed by atoms with Crippen molar-refractivity contribution in [1.82, 2.24) is 4.90 Å². The SMILES string of the molecule is CCC(C)(C)c1ccc(OCCCCCCCCN2CCCCC2)cc1. The maximum atomic E-state index is 5.91. The molecule has 2 nitrogen and oxygen atoms in total. The summed E-state index contributed by atoms with van der Waals surface area (Å²) in [6.07, 6.45) is 13.4. The van der Waals surface area contributed by atoms with Gasteiger partial charge in [-0.25, -0.2) is 0 Å². The molecule has 0 aliphatic carbocycles. The topological polar surface area (TPSA) is 12.5 Å². The van der Waals surface area contributed by atoms with Crippen molar-refractivity contribution >= 4 is 0 Å². The van der Waals surface area contributed by atoms with Crippen molar-refractivity contribution in [2.24, 2.45) is 0 Å². The summed E-state index contributed by atoms with van der Waals surface area (Å²) < 4.78 is 5.91. The Morgan fingerprint density at radius 1 is 0.846 bits per heavy atom. The summed E-state index contributed by atoms with van der Waals surface area (Å²) in [6.45, 7) is 11.7. The monoisotopic (exact) mass is 359 g/mol. The fourth-order valence-electron chi connectivity index (χ4n) is 3.72. The van der Waals surface area contributed by atoms with E-state index in [1.165, 1.54) is 83.0 Å². The van der Waals surface area contributed by atoms with Gasteiger partial charge in [0.25, 0.3) is 0 Å². The van der Waals surface area contributed by atoms with E-state index < -0.39 is 0 Å². The van der Waals surface area contributed by atoms with Crippen molar-refractivity contribution in [1.29, 1.82) is 0 Å². The van der Waals surface area contributed by atoms with E-state index in [9.17, 15) is 0 Å². The van der Waals surface area contributed by atoms with Gasteiger partial charge >= 0.3 is 0 Å². The third kappa shape index (κ3) is 7.70. The van der Waals surface area contributed by atoms with Crippen LogP contribution in [-0.4, -0.2) is 31.1 Å². The van der Waals surface area contributed by atoms with Gasteiger partial charge in [-0.15, -0.1) is 0 Å². The molecular formula is C24H41NO. The van der Waals surface area contributed by atoms with Crippen LogP contribution in [0.1, 0.15) is 90.5 Å². The minimum Gasteiger partial charge on any atom is -0.494 e. The van der Waals surface area contributed by atoms with E-state index in [4.69, 9.17) is 4.74 Å². The Kier molecular flexibility index (Phi) is 9.53.